The predicted octanol–water partition coefficient (Wildman–Crippen LogP) is 6.26. The normalized spacial score (nSPS) is 12.0. The van der Waals surface area contributed by atoms with Crippen LogP contribution in [0.5, 0.6) is 5.75 Å². The van der Waals surface area contributed by atoms with E-state index >= 15 is 0 Å². The first kappa shape index (κ1) is 34.5. The maximum absolute atomic E-state index is 14.6. The van der Waals surface area contributed by atoms with E-state index in [0.29, 0.717) is 22.9 Å². The van der Waals surface area contributed by atoms with E-state index in [4.69, 9.17) is 16.3 Å². The average Bonchev–Trinajstić information content (AvgIpc) is 3.05. The number of carbonyl (C=O) groups is 2. The molecule has 242 valence electrons. The zero-order valence-electron chi connectivity index (χ0n) is 26.5. The van der Waals surface area contributed by atoms with Crippen molar-refractivity contribution in [2.75, 3.05) is 24.5 Å². The van der Waals surface area contributed by atoms with Gasteiger partial charge in [-0.05, 0) is 54.3 Å². The van der Waals surface area contributed by atoms with Crippen LogP contribution < -0.4 is 14.4 Å². The van der Waals surface area contributed by atoms with Gasteiger partial charge in [-0.15, -0.1) is 0 Å². The van der Waals surface area contributed by atoms with Crippen molar-refractivity contribution in [3.05, 3.63) is 125 Å². The molecule has 10 heteroatoms. The number of methoxy groups -OCH3 is 1. The molecule has 4 rings (SSSR count). The van der Waals surface area contributed by atoms with Gasteiger partial charge in [0.15, 0.2) is 0 Å². The summed E-state index contributed by atoms with van der Waals surface area (Å²) in [6.45, 7) is 5.67. The highest BCUT2D eigenvalue weighted by Crippen LogP contribution is 2.28. The summed E-state index contributed by atoms with van der Waals surface area (Å²) in [7, 11) is -2.74. The second-order valence-corrected chi connectivity index (χ2v) is 13.8. The van der Waals surface area contributed by atoms with Crippen LogP contribution >= 0.6 is 11.6 Å². The minimum atomic E-state index is -4.23. The molecule has 4 aromatic carbocycles. The van der Waals surface area contributed by atoms with Crippen LogP contribution in [-0.2, 0) is 32.6 Å². The van der Waals surface area contributed by atoms with Crippen LogP contribution in [0.4, 0.5) is 5.69 Å². The molecule has 0 fully saturated rings. The molecule has 8 nitrogen and oxygen atoms in total. The summed E-state index contributed by atoms with van der Waals surface area (Å²) in [5, 5.41) is 3.41. The van der Waals surface area contributed by atoms with Crippen molar-refractivity contribution in [3.8, 4) is 5.75 Å². The fourth-order valence-electron chi connectivity index (χ4n) is 4.92. The highest BCUT2D eigenvalue weighted by atomic mass is 35.5. The largest absolute Gasteiger partial charge is 0.497 e. The summed E-state index contributed by atoms with van der Waals surface area (Å²) in [5.74, 6) is -0.305. The number of ether oxygens (including phenoxy) is 1. The minimum Gasteiger partial charge on any atom is -0.497 e. The number of nitrogens with one attached hydrogen (secondary N) is 1. The van der Waals surface area contributed by atoms with E-state index in [1.165, 1.54) is 24.1 Å². The third kappa shape index (κ3) is 8.89. The molecule has 1 atom stereocenters. The number of hydrogen-bond acceptors (Lipinski definition) is 5. The lowest BCUT2D eigenvalue weighted by atomic mass is 10.0. The average molecular weight is 662 g/mol. The topological polar surface area (TPSA) is 96.0 Å². The number of nitrogens with zero attached hydrogens (tertiary/aromatic N) is 2. The highest BCUT2D eigenvalue weighted by molar-refractivity contribution is 7.92. The van der Waals surface area contributed by atoms with Crippen LogP contribution in [-0.4, -0.2) is 51.4 Å². The molecule has 0 aliphatic rings. The first-order valence-electron chi connectivity index (χ1n) is 15.1. The van der Waals surface area contributed by atoms with E-state index in [-0.39, 0.29) is 35.4 Å². The van der Waals surface area contributed by atoms with Gasteiger partial charge in [0.1, 0.15) is 18.3 Å². The molecule has 0 spiro atoms. The quantitative estimate of drug-likeness (QED) is 0.172. The molecule has 46 heavy (non-hydrogen) atoms. The standard InChI is InChI=1S/C36H40ClN3O5S/c1-26(2)23-38-36(42)34(21-28-11-6-5-7-12-28)39(24-29-13-8-9-16-33(29)37)35(41)25-40(30-14-10-15-31(22-30)45-4)46(43,44)32-19-17-27(3)18-20-32/h5-20,22,26,34H,21,23-25H2,1-4H3,(H,38,42). The number of benzene rings is 4. The molecule has 0 saturated carbocycles. The maximum Gasteiger partial charge on any atom is 0.264 e. The second kappa shape index (κ2) is 15.8. The van der Waals surface area contributed by atoms with E-state index in [1.807, 2.05) is 51.1 Å². The van der Waals surface area contributed by atoms with E-state index in [2.05, 4.69) is 5.32 Å². The molecular weight excluding hydrogens is 622 g/mol. The van der Waals surface area contributed by atoms with Crippen molar-refractivity contribution in [2.24, 2.45) is 5.92 Å². The van der Waals surface area contributed by atoms with Gasteiger partial charge < -0.3 is 15.0 Å². The van der Waals surface area contributed by atoms with Crippen LogP contribution in [0, 0.1) is 12.8 Å². The zero-order chi connectivity index (χ0) is 33.3. The Balaban J connectivity index is 1.82. The minimum absolute atomic E-state index is 0.0123. The van der Waals surface area contributed by atoms with Crippen molar-refractivity contribution in [1.29, 1.82) is 0 Å². The lowest BCUT2D eigenvalue weighted by Crippen LogP contribution is -2.53. The molecule has 0 aliphatic carbocycles. The fourth-order valence-corrected chi connectivity index (χ4v) is 6.52. The van der Waals surface area contributed by atoms with Crippen LogP contribution in [0.3, 0.4) is 0 Å². The monoisotopic (exact) mass is 661 g/mol. The highest BCUT2D eigenvalue weighted by Gasteiger charge is 2.35. The Morgan fingerprint density at radius 3 is 2.22 bits per heavy atom. The summed E-state index contributed by atoms with van der Waals surface area (Å²) in [6.07, 6.45) is 0.213. The molecule has 0 saturated heterocycles. The van der Waals surface area contributed by atoms with Gasteiger partial charge >= 0.3 is 0 Å². The molecule has 0 heterocycles. The molecule has 0 radical (unpaired) electrons. The van der Waals surface area contributed by atoms with Crippen molar-refractivity contribution >= 4 is 39.1 Å². The van der Waals surface area contributed by atoms with Gasteiger partial charge in [-0.25, -0.2) is 8.42 Å². The molecule has 2 amide bonds. The van der Waals surface area contributed by atoms with Gasteiger partial charge in [0, 0.05) is 30.6 Å². The Morgan fingerprint density at radius 1 is 0.891 bits per heavy atom. The number of sulfonamides is 1. The van der Waals surface area contributed by atoms with E-state index in [0.717, 1.165) is 15.4 Å². The summed E-state index contributed by atoms with van der Waals surface area (Å²) in [6, 6.07) is 28.5. The Labute approximate surface area is 277 Å². The Bertz CT molecular complexity index is 1730. The number of carbonyl (C=O) groups excluding carboxylic acids is 2. The number of hydrogen-bond donors (Lipinski definition) is 1. The van der Waals surface area contributed by atoms with Gasteiger partial charge in [-0.2, -0.15) is 0 Å². The summed E-state index contributed by atoms with van der Waals surface area (Å²) in [5.41, 5.74) is 2.61. The number of halogens is 1. The Kier molecular flexibility index (Phi) is 11.8. The van der Waals surface area contributed by atoms with Crippen LogP contribution in [0.1, 0.15) is 30.5 Å². The van der Waals surface area contributed by atoms with Crippen LogP contribution in [0.25, 0.3) is 0 Å². The number of anilines is 1. The van der Waals surface area contributed by atoms with Crippen molar-refractivity contribution < 1.29 is 22.7 Å². The second-order valence-electron chi connectivity index (χ2n) is 11.5. The fraction of sp³-hybridized carbons (Fsp3) is 0.278. The molecule has 1 unspecified atom stereocenters. The molecule has 4 aromatic rings. The SMILES string of the molecule is COc1cccc(N(CC(=O)N(Cc2ccccc2Cl)C(Cc2ccccc2)C(=O)NCC(C)C)S(=O)(=O)c2ccc(C)cc2)c1. The van der Waals surface area contributed by atoms with Crippen molar-refractivity contribution in [3.63, 3.8) is 0 Å². The van der Waals surface area contributed by atoms with Crippen LogP contribution in [0.2, 0.25) is 5.02 Å². The van der Waals surface area contributed by atoms with E-state index in [1.54, 1.807) is 60.7 Å². The Hall–Kier alpha value is -4.34. The number of amides is 2. The lowest BCUT2D eigenvalue weighted by molar-refractivity contribution is -0.140. The number of aryl methyl sites for hydroxylation is 1. The van der Waals surface area contributed by atoms with Gasteiger partial charge in [-0.3, -0.25) is 13.9 Å². The lowest BCUT2D eigenvalue weighted by Gasteiger charge is -2.34. The van der Waals surface area contributed by atoms with Gasteiger partial charge in [0.05, 0.1) is 17.7 Å². The van der Waals surface area contributed by atoms with Gasteiger partial charge in [0.2, 0.25) is 11.8 Å². The van der Waals surface area contributed by atoms with Crippen LogP contribution in [0.15, 0.2) is 108 Å². The van der Waals surface area contributed by atoms with Gasteiger partial charge in [-0.1, -0.05) is 97.7 Å². The first-order valence-corrected chi connectivity index (χ1v) is 16.9. The predicted molar refractivity (Wildman–Crippen MR) is 182 cm³/mol. The third-order valence-electron chi connectivity index (χ3n) is 7.48. The molecule has 1 N–H and O–H groups in total. The van der Waals surface area contributed by atoms with Crippen molar-refractivity contribution in [1.82, 2.24) is 10.2 Å². The van der Waals surface area contributed by atoms with E-state index in [9.17, 15) is 18.0 Å². The zero-order valence-corrected chi connectivity index (χ0v) is 28.1. The Morgan fingerprint density at radius 2 is 1.57 bits per heavy atom. The third-order valence-corrected chi connectivity index (χ3v) is 9.64. The first-order chi connectivity index (χ1) is 22.0. The van der Waals surface area contributed by atoms with Crippen molar-refractivity contribution in [2.45, 2.75) is 44.7 Å². The molecular formula is C36H40ClN3O5S. The molecule has 0 bridgehead atoms. The molecule has 0 aromatic heterocycles. The van der Waals surface area contributed by atoms with E-state index < -0.39 is 28.5 Å². The summed E-state index contributed by atoms with van der Waals surface area (Å²) >= 11 is 6.56. The van der Waals surface area contributed by atoms with Gasteiger partial charge in [0.25, 0.3) is 10.0 Å². The summed E-state index contributed by atoms with van der Waals surface area (Å²) < 4.78 is 34.8. The maximum atomic E-state index is 14.6. The molecule has 0 aliphatic heterocycles. The summed E-state index contributed by atoms with van der Waals surface area (Å²) in [4.78, 5) is 29.9. The number of rotatable bonds is 14. The smallest absolute Gasteiger partial charge is 0.264 e.